The molecule has 0 bridgehead atoms. The number of aliphatic carboxylic acids is 1. The predicted octanol–water partition coefficient (Wildman–Crippen LogP) is 1.70. The van der Waals surface area contributed by atoms with E-state index in [1.807, 2.05) is 0 Å². The molecule has 0 heterocycles. The molecule has 0 aliphatic carbocycles. The van der Waals surface area contributed by atoms with Gasteiger partial charge in [-0.2, -0.15) is 0 Å². The van der Waals surface area contributed by atoms with Gasteiger partial charge in [0.25, 0.3) is 5.91 Å². The van der Waals surface area contributed by atoms with E-state index >= 15 is 0 Å². The highest BCUT2D eigenvalue weighted by atomic mass is 79.9. The van der Waals surface area contributed by atoms with E-state index in [0.29, 0.717) is 4.47 Å². The number of hydrogen-bond donors (Lipinski definition) is 2. The molecule has 0 saturated heterocycles. The summed E-state index contributed by atoms with van der Waals surface area (Å²) in [6.45, 7) is 1.40. The number of phenols is 1. The number of carbonyl (C=O) groups is 2. The fourth-order valence-corrected chi connectivity index (χ4v) is 1.57. The summed E-state index contributed by atoms with van der Waals surface area (Å²) in [5.74, 6) is -1.82. The Bertz CT molecular complexity index is 461. The van der Waals surface area contributed by atoms with Crippen molar-refractivity contribution in [1.29, 1.82) is 0 Å². The third-order valence-corrected chi connectivity index (χ3v) is 2.94. The van der Waals surface area contributed by atoms with Crippen LogP contribution in [-0.2, 0) is 4.79 Å². The van der Waals surface area contributed by atoms with Gasteiger partial charge in [0.15, 0.2) is 0 Å². The summed E-state index contributed by atoms with van der Waals surface area (Å²) in [6, 6.07) is 3.47. The van der Waals surface area contributed by atoms with E-state index in [-0.39, 0.29) is 11.3 Å². The number of halogens is 1. The van der Waals surface area contributed by atoms with Gasteiger partial charge in [0.05, 0.1) is 5.56 Å². The third-order valence-electron chi connectivity index (χ3n) is 2.45. The molecule has 17 heavy (non-hydrogen) atoms. The average molecular weight is 302 g/mol. The first-order valence-corrected chi connectivity index (χ1v) is 5.62. The minimum absolute atomic E-state index is 0.0730. The van der Waals surface area contributed by atoms with Crippen LogP contribution in [0.5, 0.6) is 5.75 Å². The number of benzene rings is 1. The summed E-state index contributed by atoms with van der Waals surface area (Å²) in [5, 5.41) is 18.4. The third kappa shape index (κ3) is 2.97. The minimum Gasteiger partial charge on any atom is -0.507 e. The van der Waals surface area contributed by atoms with E-state index in [1.54, 1.807) is 6.07 Å². The SMILES string of the molecule is CC(C(=O)O)N(C)C(=O)c1ccc(Br)cc1O. The molecular formula is C11H12BrNO4. The molecule has 1 rings (SSSR count). The molecule has 0 saturated carbocycles. The molecule has 0 aliphatic rings. The molecule has 2 N–H and O–H groups in total. The van der Waals surface area contributed by atoms with Crippen molar-refractivity contribution >= 4 is 27.8 Å². The number of nitrogens with zero attached hydrogens (tertiary/aromatic N) is 1. The number of likely N-dealkylation sites (N-methyl/N-ethyl adjacent to an activating group) is 1. The molecule has 0 spiro atoms. The van der Waals surface area contributed by atoms with E-state index in [2.05, 4.69) is 15.9 Å². The fourth-order valence-electron chi connectivity index (χ4n) is 1.22. The van der Waals surface area contributed by atoms with Crippen LogP contribution in [0.3, 0.4) is 0 Å². The van der Waals surface area contributed by atoms with Gasteiger partial charge in [0, 0.05) is 11.5 Å². The molecule has 0 fully saturated rings. The van der Waals surface area contributed by atoms with Crippen LogP contribution in [0.25, 0.3) is 0 Å². The fraction of sp³-hybridized carbons (Fsp3) is 0.273. The largest absolute Gasteiger partial charge is 0.507 e. The van der Waals surface area contributed by atoms with Gasteiger partial charge in [-0.15, -0.1) is 0 Å². The lowest BCUT2D eigenvalue weighted by Gasteiger charge is -2.21. The molecule has 92 valence electrons. The summed E-state index contributed by atoms with van der Waals surface area (Å²) in [4.78, 5) is 23.7. The first-order chi connectivity index (χ1) is 7.84. The van der Waals surface area contributed by atoms with Crippen molar-refractivity contribution in [3.8, 4) is 5.75 Å². The molecule has 0 aliphatic heterocycles. The van der Waals surface area contributed by atoms with Crippen LogP contribution in [0.4, 0.5) is 0 Å². The zero-order chi connectivity index (χ0) is 13.2. The average Bonchev–Trinajstić information content (AvgIpc) is 2.26. The Morgan fingerprint density at radius 3 is 2.47 bits per heavy atom. The summed E-state index contributed by atoms with van der Waals surface area (Å²) in [6.07, 6.45) is 0. The first kappa shape index (κ1) is 13.5. The summed E-state index contributed by atoms with van der Waals surface area (Å²) < 4.78 is 0.639. The van der Waals surface area contributed by atoms with Crippen LogP contribution in [0.2, 0.25) is 0 Å². The van der Waals surface area contributed by atoms with E-state index in [9.17, 15) is 14.7 Å². The second-order valence-electron chi connectivity index (χ2n) is 3.59. The van der Waals surface area contributed by atoms with Crippen molar-refractivity contribution in [2.24, 2.45) is 0 Å². The molecular weight excluding hydrogens is 290 g/mol. The Hall–Kier alpha value is -1.56. The molecule has 1 aromatic rings. The van der Waals surface area contributed by atoms with Crippen LogP contribution in [0.15, 0.2) is 22.7 Å². The van der Waals surface area contributed by atoms with Crippen molar-refractivity contribution < 1.29 is 19.8 Å². The number of carboxylic acids is 1. The maximum atomic E-state index is 11.9. The Kier molecular flexibility index (Phi) is 4.11. The van der Waals surface area contributed by atoms with Gasteiger partial charge in [-0.1, -0.05) is 15.9 Å². The summed E-state index contributed by atoms with van der Waals surface area (Å²) in [7, 11) is 1.38. The van der Waals surface area contributed by atoms with Crippen molar-refractivity contribution in [3.63, 3.8) is 0 Å². The monoisotopic (exact) mass is 301 g/mol. The number of carbonyl (C=O) groups excluding carboxylic acids is 1. The summed E-state index contributed by atoms with van der Waals surface area (Å²) in [5.41, 5.74) is 0.0730. The molecule has 1 atom stereocenters. The second kappa shape index (κ2) is 5.18. The van der Waals surface area contributed by atoms with Crippen molar-refractivity contribution in [1.82, 2.24) is 4.90 Å². The number of aromatic hydroxyl groups is 1. The van der Waals surface area contributed by atoms with E-state index < -0.39 is 17.9 Å². The highest BCUT2D eigenvalue weighted by molar-refractivity contribution is 9.10. The number of hydrogen-bond acceptors (Lipinski definition) is 3. The van der Waals surface area contributed by atoms with Crippen molar-refractivity contribution in [2.75, 3.05) is 7.05 Å². The first-order valence-electron chi connectivity index (χ1n) is 4.83. The lowest BCUT2D eigenvalue weighted by molar-refractivity contribution is -0.141. The van der Waals surface area contributed by atoms with E-state index in [4.69, 9.17) is 5.11 Å². The maximum Gasteiger partial charge on any atom is 0.326 e. The highest BCUT2D eigenvalue weighted by Gasteiger charge is 2.24. The Labute approximate surface area is 107 Å². The standard InChI is InChI=1S/C11H12BrNO4/c1-6(11(16)17)13(2)10(15)8-4-3-7(12)5-9(8)14/h3-6,14H,1-2H3,(H,16,17). The van der Waals surface area contributed by atoms with Crippen LogP contribution < -0.4 is 0 Å². The van der Waals surface area contributed by atoms with Gasteiger partial charge in [0.1, 0.15) is 11.8 Å². The van der Waals surface area contributed by atoms with Gasteiger partial charge in [-0.3, -0.25) is 4.79 Å². The molecule has 5 nitrogen and oxygen atoms in total. The smallest absolute Gasteiger partial charge is 0.326 e. The van der Waals surface area contributed by atoms with Gasteiger partial charge < -0.3 is 15.1 Å². The van der Waals surface area contributed by atoms with Gasteiger partial charge in [-0.05, 0) is 25.1 Å². The quantitative estimate of drug-likeness (QED) is 0.891. The van der Waals surface area contributed by atoms with Crippen molar-refractivity contribution in [2.45, 2.75) is 13.0 Å². The second-order valence-corrected chi connectivity index (χ2v) is 4.51. The van der Waals surface area contributed by atoms with Crippen LogP contribution in [0, 0.1) is 0 Å². The Morgan fingerprint density at radius 2 is 2.00 bits per heavy atom. The zero-order valence-corrected chi connectivity index (χ0v) is 10.9. The van der Waals surface area contributed by atoms with Crippen LogP contribution in [-0.4, -0.2) is 40.1 Å². The molecule has 6 heteroatoms. The molecule has 0 radical (unpaired) electrons. The number of amides is 1. The topological polar surface area (TPSA) is 77.8 Å². The highest BCUT2D eigenvalue weighted by Crippen LogP contribution is 2.23. The van der Waals surface area contributed by atoms with E-state index in [0.717, 1.165) is 4.90 Å². The maximum absolute atomic E-state index is 11.9. The van der Waals surface area contributed by atoms with Crippen molar-refractivity contribution in [3.05, 3.63) is 28.2 Å². The Morgan fingerprint density at radius 1 is 1.41 bits per heavy atom. The number of rotatable bonds is 3. The van der Waals surface area contributed by atoms with Gasteiger partial charge >= 0.3 is 5.97 Å². The number of phenolic OH excluding ortho intramolecular Hbond substituents is 1. The lowest BCUT2D eigenvalue weighted by Crippen LogP contribution is -2.40. The minimum atomic E-state index is -1.10. The van der Waals surface area contributed by atoms with Crippen LogP contribution in [0.1, 0.15) is 17.3 Å². The molecule has 1 unspecified atom stereocenters. The van der Waals surface area contributed by atoms with Crippen LogP contribution >= 0.6 is 15.9 Å². The molecule has 0 aromatic heterocycles. The predicted molar refractivity (Wildman–Crippen MR) is 65.0 cm³/mol. The molecule has 1 amide bonds. The Balaban J connectivity index is 3.00. The van der Waals surface area contributed by atoms with Gasteiger partial charge in [-0.25, -0.2) is 4.79 Å². The van der Waals surface area contributed by atoms with E-state index in [1.165, 1.54) is 26.1 Å². The molecule has 1 aromatic carbocycles. The van der Waals surface area contributed by atoms with Gasteiger partial charge in [0.2, 0.25) is 0 Å². The zero-order valence-electron chi connectivity index (χ0n) is 9.35. The lowest BCUT2D eigenvalue weighted by atomic mass is 10.1. The summed E-state index contributed by atoms with van der Waals surface area (Å²) >= 11 is 3.16. The number of carboxylic acid groups (broad SMARTS) is 1. The normalized spacial score (nSPS) is 11.9.